The molecule has 2 aromatic rings. The summed E-state index contributed by atoms with van der Waals surface area (Å²) in [7, 11) is 2.11. The van der Waals surface area contributed by atoms with Gasteiger partial charge < -0.3 is 10.2 Å². The van der Waals surface area contributed by atoms with E-state index >= 15 is 0 Å². The number of nitrogens with one attached hydrogen (secondary N) is 1. The van der Waals surface area contributed by atoms with Crippen LogP contribution in [0.5, 0.6) is 0 Å². The van der Waals surface area contributed by atoms with E-state index in [9.17, 15) is 4.79 Å². The van der Waals surface area contributed by atoms with Crippen molar-refractivity contribution in [2.45, 2.75) is 25.8 Å². The molecule has 21 heavy (non-hydrogen) atoms. The average molecular weight is 284 g/mol. The fraction of sp³-hybridized carbons (Fsp3) is 0.438. The molecule has 5 nitrogen and oxygen atoms in total. The Morgan fingerprint density at radius 2 is 2.10 bits per heavy atom. The van der Waals surface area contributed by atoms with Gasteiger partial charge in [-0.15, -0.1) is 0 Å². The number of hydrogen-bond acceptors (Lipinski definition) is 4. The highest BCUT2D eigenvalue weighted by Crippen LogP contribution is 2.14. The van der Waals surface area contributed by atoms with Crippen molar-refractivity contribution in [3.05, 3.63) is 35.8 Å². The number of amides is 1. The fourth-order valence-corrected chi connectivity index (χ4v) is 2.66. The molecule has 0 aromatic carbocycles. The molecule has 0 atom stereocenters. The second-order valence-electron chi connectivity index (χ2n) is 5.77. The summed E-state index contributed by atoms with van der Waals surface area (Å²) in [6, 6.07) is 5.99. The Labute approximate surface area is 124 Å². The normalized spacial score (nSPS) is 17.0. The first-order valence-corrected chi connectivity index (χ1v) is 7.34. The van der Waals surface area contributed by atoms with Crippen LogP contribution in [0.15, 0.2) is 24.4 Å². The highest BCUT2D eigenvalue weighted by molar-refractivity contribution is 5.95. The summed E-state index contributed by atoms with van der Waals surface area (Å²) in [6.07, 6.45) is 3.67. The Balaban J connectivity index is 1.74. The Morgan fingerprint density at radius 1 is 1.33 bits per heavy atom. The van der Waals surface area contributed by atoms with Gasteiger partial charge in [0.2, 0.25) is 0 Å². The number of carbonyl (C=O) groups excluding carboxylic acids is 1. The Bertz CT molecular complexity index is 662. The molecule has 0 spiro atoms. The smallest absolute Gasteiger partial charge is 0.270 e. The monoisotopic (exact) mass is 284 g/mol. The maximum absolute atomic E-state index is 12.3. The highest BCUT2D eigenvalue weighted by Gasteiger charge is 2.19. The maximum Gasteiger partial charge on any atom is 0.270 e. The lowest BCUT2D eigenvalue weighted by atomic mass is 10.1. The molecule has 0 bridgehead atoms. The van der Waals surface area contributed by atoms with Gasteiger partial charge in [-0.1, -0.05) is 6.07 Å². The summed E-state index contributed by atoms with van der Waals surface area (Å²) in [4.78, 5) is 23.2. The number of hydrogen-bond donors (Lipinski definition) is 1. The van der Waals surface area contributed by atoms with Crippen LogP contribution in [0.3, 0.4) is 0 Å². The molecular formula is C16H20N4O. The van der Waals surface area contributed by atoms with E-state index in [-0.39, 0.29) is 11.9 Å². The molecule has 1 N–H and O–H groups in total. The summed E-state index contributed by atoms with van der Waals surface area (Å²) in [6.45, 7) is 4.00. The molecule has 1 aliphatic rings. The van der Waals surface area contributed by atoms with Crippen LogP contribution in [0.2, 0.25) is 0 Å². The fourth-order valence-electron chi connectivity index (χ4n) is 2.66. The minimum atomic E-state index is -0.0907. The van der Waals surface area contributed by atoms with E-state index in [1.165, 1.54) is 0 Å². The summed E-state index contributed by atoms with van der Waals surface area (Å²) in [5, 5.41) is 4.03. The second-order valence-corrected chi connectivity index (χ2v) is 5.77. The quantitative estimate of drug-likeness (QED) is 0.913. The van der Waals surface area contributed by atoms with Gasteiger partial charge >= 0.3 is 0 Å². The van der Waals surface area contributed by atoms with Crippen molar-refractivity contribution in [2.24, 2.45) is 0 Å². The van der Waals surface area contributed by atoms with Crippen molar-refractivity contribution in [1.82, 2.24) is 20.2 Å². The number of rotatable bonds is 2. The van der Waals surface area contributed by atoms with Crippen LogP contribution in [0.1, 0.15) is 29.0 Å². The molecule has 1 amide bonds. The van der Waals surface area contributed by atoms with Crippen LogP contribution in [0.25, 0.3) is 10.9 Å². The third kappa shape index (κ3) is 3.19. The molecule has 3 rings (SSSR count). The van der Waals surface area contributed by atoms with Gasteiger partial charge in [0.25, 0.3) is 5.91 Å². The summed E-state index contributed by atoms with van der Waals surface area (Å²) >= 11 is 0. The first-order chi connectivity index (χ1) is 10.1. The van der Waals surface area contributed by atoms with Gasteiger partial charge in [0, 0.05) is 17.1 Å². The Hall–Kier alpha value is -2.01. The van der Waals surface area contributed by atoms with E-state index < -0.39 is 0 Å². The second kappa shape index (κ2) is 5.77. The molecule has 3 heterocycles. The minimum Gasteiger partial charge on any atom is -0.348 e. The number of likely N-dealkylation sites (tertiary alicyclic amines) is 1. The van der Waals surface area contributed by atoms with Gasteiger partial charge in [-0.3, -0.25) is 9.78 Å². The third-order valence-corrected chi connectivity index (χ3v) is 4.00. The Kier molecular flexibility index (Phi) is 3.84. The van der Waals surface area contributed by atoms with E-state index in [1.54, 1.807) is 6.20 Å². The standard InChI is InChI=1S/C16H20N4O/c1-11-3-4-12-9-14(17-10-15(12)18-11)16(21)19-13-5-7-20(2)8-6-13/h3-4,9-10,13H,5-8H2,1-2H3,(H,19,21). The predicted octanol–water partition coefficient (Wildman–Crippen LogP) is 1.76. The molecule has 0 unspecified atom stereocenters. The molecular weight excluding hydrogens is 264 g/mol. The summed E-state index contributed by atoms with van der Waals surface area (Å²) in [5.41, 5.74) is 2.24. The largest absolute Gasteiger partial charge is 0.348 e. The first-order valence-electron chi connectivity index (χ1n) is 7.34. The van der Waals surface area contributed by atoms with E-state index in [1.807, 2.05) is 25.1 Å². The first kappa shape index (κ1) is 13.9. The van der Waals surface area contributed by atoms with Crippen molar-refractivity contribution >= 4 is 16.8 Å². The molecule has 2 aromatic heterocycles. The van der Waals surface area contributed by atoms with Gasteiger partial charge in [-0.2, -0.15) is 0 Å². The summed E-state index contributed by atoms with van der Waals surface area (Å²) < 4.78 is 0. The van der Waals surface area contributed by atoms with Gasteiger partial charge in [0.1, 0.15) is 5.69 Å². The van der Waals surface area contributed by atoms with Crippen LogP contribution >= 0.6 is 0 Å². The zero-order valence-corrected chi connectivity index (χ0v) is 12.5. The van der Waals surface area contributed by atoms with Crippen molar-refractivity contribution in [1.29, 1.82) is 0 Å². The van der Waals surface area contributed by atoms with Crippen LogP contribution in [-0.2, 0) is 0 Å². The number of fused-ring (bicyclic) bond motifs is 1. The SMILES string of the molecule is Cc1ccc2cc(C(=O)NC3CCN(C)CC3)ncc2n1. The minimum absolute atomic E-state index is 0.0907. The number of pyridine rings is 2. The van der Waals surface area contributed by atoms with Crippen molar-refractivity contribution in [3.63, 3.8) is 0 Å². The van der Waals surface area contributed by atoms with Crippen molar-refractivity contribution in [2.75, 3.05) is 20.1 Å². The topological polar surface area (TPSA) is 58.1 Å². The van der Waals surface area contributed by atoms with Gasteiger partial charge in [-0.05, 0) is 52.0 Å². The van der Waals surface area contributed by atoms with Crippen LogP contribution in [-0.4, -0.2) is 47.0 Å². The van der Waals surface area contributed by atoms with Crippen LogP contribution < -0.4 is 5.32 Å². The van der Waals surface area contributed by atoms with Crippen molar-refractivity contribution in [3.8, 4) is 0 Å². The molecule has 110 valence electrons. The number of piperidine rings is 1. The number of nitrogens with zero attached hydrogens (tertiary/aromatic N) is 3. The van der Waals surface area contributed by atoms with E-state index in [4.69, 9.17) is 0 Å². The third-order valence-electron chi connectivity index (χ3n) is 4.00. The maximum atomic E-state index is 12.3. The van der Waals surface area contributed by atoms with Gasteiger partial charge in [0.05, 0.1) is 11.7 Å². The zero-order chi connectivity index (χ0) is 14.8. The lowest BCUT2D eigenvalue weighted by Gasteiger charge is -2.29. The molecule has 0 radical (unpaired) electrons. The number of aryl methyl sites for hydroxylation is 1. The number of carbonyl (C=O) groups is 1. The molecule has 0 aliphatic carbocycles. The van der Waals surface area contributed by atoms with E-state index in [2.05, 4.69) is 27.2 Å². The molecule has 0 saturated carbocycles. The zero-order valence-electron chi connectivity index (χ0n) is 12.5. The highest BCUT2D eigenvalue weighted by atomic mass is 16.1. The summed E-state index contributed by atoms with van der Waals surface area (Å²) in [5.74, 6) is -0.0907. The van der Waals surface area contributed by atoms with Gasteiger partial charge in [0.15, 0.2) is 0 Å². The number of aromatic nitrogens is 2. The van der Waals surface area contributed by atoms with Gasteiger partial charge in [-0.25, -0.2) is 4.98 Å². The van der Waals surface area contributed by atoms with Crippen LogP contribution in [0, 0.1) is 6.92 Å². The van der Waals surface area contributed by atoms with E-state index in [0.29, 0.717) is 5.69 Å². The Morgan fingerprint density at radius 3 is 2.86 bits per heavy atom. The lowest BCUT2D eigenvalue weighted by molar-refractivity contribution is 0.0912. The average Bonchev–Trinajstić information content (AvgIpc) is 2.49. The lowest BCUT2D eigenvalue weighted by Crippen LogP contribution is -2.43. The van der Waals surface area contributed by atoms with Crippen molar-refractivity contribution < 1.29 is 4.79 Å². The molecule has 1 aliphatic heterocycles. The molecule has 5 heteroatoms. The predicted molar refractivity (Wildman–Crippen MR) is 82.3 cm³/mol. The molecule has 1 fully saturated rings. The molecule has 1 saturated heterocycles. The van der Waals surface area contributed by atoms with E-state index in [0.717, 1.165) is 42.5 Å². The van der Waals surface area contributed by atoms with Crippen LogP contribution in [0.4, 0.5) is 0 Å².